The Balaban J connectivity index is 2.17. The largest absolute Gasteiger partial charge is 0.450 e. The lowest BCUT2D eigenvalue weighted by Gasteiger charge is -2.36. The fourth-order valence-corrected chi connectivity index (χ4v) is 2.66. The maximum absolute atomic E-state index is 12.1. The molecule has 1 aliphatic heterocycles. The van der Waals surface area contributed by atoms with Gasteiger partial charge in [0.25, 0.3) is 0 Å². The first-order valence-corrected chi connectivity index (χ1v) is 7.59. The lowest BCUT2D eigenvalue weighted by atomic mass is 9.93. The standard InChI is InChI=1S/C16H22N2O4/c1-3-21-15(19)17-11-14-13-8-6-5-7-12(13)9-10-18(14)16(20)22-4-2/h5-8,14H,3-4,9-11H2,1-2H3,(H,17,19). The zero-order chi connectivity index (χ0) is 15.9. The van der Waals surface area contributed by atoms with Gasteiger partial charge in [-0.15, -0.1) is 0 Å². The van der Waals surface area contributed by atoms with Crippen molar-refractivity contribution in [1.29, 1.82) is 0 Å². The van der Waals surface area contributed by atoms with Crippen LogP contribution < -0.4 is 5.32 Å². The number of hydrogen-bond donors (Lipinski definition) is 1. The van der Waals surface area contributed by atoms with E-state index < -0.39 is 6.09 Å². The van der Waals surface area contributed by atoms with Gasteiger partial charge in [0.05, 0.1) is 19.3 Å². The third-order valence-corrected chi connectivity index (χ3v) is 3.63. The number of nitrogens with zero attached hydrogens (tertiary/aromatic N) is 1. The number of benzene rings is 1. The highest BCUT2D eigenvalue weighted by Gasteiger charge is 2.31. The molecule has 0 bridgehead atoms. The highest BCUT2D eigenvalue weighted by Crippen LogP contribution is 2.29. The molecule has 0 saturated heterocycles. The van der Waals surface area contributed by atoms with Crippen LogP contribution in [0, 0.1) is 0 Å². The molecule has 22 heavy (non-hydrogen) atoms. The lowest BCUT2D eigenvalue weighted by molar-refractivity contribution is 0.0846. The number of carbonyl (C=O) groups excluding carboxylic acids is 2. The van der Waals surface area contributed by atoms with E-state index in [0.29, 0.717) is 26.3 Å². The van der Waals surface area contributed by atoms with Crippen molar-refractivity contribution in [3.63, 3.8) is 0 Å². The quantitative estimate of drug-likeness (QED) is 0.928. The summed E-state index contributed by atoms with van der Waals surface area (Å²) in [7, 11) is 0. The number of fused-ring (bicyclic) bond motifs is 1. The Morgan fingerprint density at radius 2 is 1.95 bits per heavy atom. The van der Waals surface area contributed by atoms with E-state index >= 15 is 0 Å². The molecule has 1 aromatic carbocycles. The molecule has 0 saturated carbocycles. The first kappa shape index (κ1) is 16.1. The Hall–Kier alpha value is -2.24. The third-order valence-electron chi connectivity index (χ3n) is 3.63. The molecule has 1 unspecified atom stereocenters. The second-order valence-corrected chi connectivity index (χ2v) is 4.96. The van der Waals surface area contributed by atoms with E-state index in [1.165, 1.54) is 5.56 Å². The summed E-state index contributed by atoms with van der Waals surface area (Å²) < 4.78 is 10.0. The Labute approximate surface area is 130 Å². The monoisotopic (exact) mass is 306 g/mol. The highest BCUT2D eigenvalue weighted by molar-refractivity contribution is 5.70. The number of alkyl carbamates (subject to hydrolysis) is 1. The average molecular weight is 306 g/mol. The van der Waals surface area contributed by atoms with Gasteiger partial charge >= 0.3 is 12.2 Å². The Bertz CT molecular complexity index is 533. The highest BCUT2D eigenvalue weighted by atomic mass is 16.6. The number of rotatable bonds is 4. The minimum atomic E-state index is -0.477. The van der Waals surface area contributed by atoms with Crippen molar-refractivity contribution >= 4 is 12.2 Å². The van der Waals surface area contributed by atoms with Crippen LogP contribution in [0.4, 0.5) is 9.59 Å². The SMILES string of the molecule is CCOC(=O)NCC1c2ccccc2CCN1C(=O)OCC. The molecule has 0 aromatic heterocycles. The van der Waals surface area contributed by atoms with Crippen molar-refractivity contribution in [2.24, 2.45) is 0 Å². The Morgan fingerprint density at radius 1 is 1.23 bits per heavy atom. The van der Waals surface area contributed by atoms with Gasteiger partial charge in [0.1, 0.15) is 0 Å². The number of amides is 2. The van der Waals surface area contributed by atoms with Crippen LogP contribution >= 0.6 is 0 Å². The zero-order valence-corrected chi connectivity index (χ0v) is 13.0. The van der Waals surface area contributed by atoms with Gasteiger partial charge < -0.3 is 14.8 Å². The summed E-state index contributed by atoms with van der Waals surface area (Å²) in [4.78, 5) is 25.3. The minimum absolute atomic E-state index is 0.242. The van der Waals surface area contributed by atoms with Crippen molar-refractivity contribution in [1.82, 2.24) is 10.2 Å². The van der Waals surface area contributed by atoms with E-state index in [9.17, 15) is 9.59 Å². The summed E-state index contributed by atoms with van der Waals surface area (Å²) in [5, 5.41) is 2.71. The van der Waals surface area contributed by atoms with Crippen molar-refractivity contribution in [2.75, 3.05) is 26.3 Å². The smallest absolute Gasteiger partial charge is 0.410 e. The van der Waals surface area contributed by atoms with Crippen molar-refractivity contribution < 1.29 is 19.1 Å². The normalized spacial score (nSPS) is 16.6. The molecule has 2 amide bonds. The van der Waals surface area contributed by atoms with Gasteiger partial charge in [-0.1, -0.05) is 24.3 Å². The van der Waals surface area contributed by atoms with Gasteiger partial charge in [0.15, 0.2) is 0 Å². The molecule has 0 spiro atoms. The molecule has 1 N–H and O–H groups in total. The number of hydrogen-bond acceptors (Lipinski definition) is 4. The molecule has 1 aromatic rings. The topological polar surface area (TPSA) is 67.9 Å². The van der Waals surface area contributed by atoms with E-state index in [0.717, 1.165) is 12.0 Å². The molecule has 1 heterocycles. The first-order valence-electron chi connectivity index (χ1n) is 7.59. The summed E-state index contributed by atoms with van der Waals surface area (Å²) >= 11 is 0. The predicted octanol–water partition coefficient (Wildman–Crippen LogP) is 2.49. The van der Waals surface area contributed by atoms with Crippen molar-refractivity contribution in [3.05, 3.63) is 35.4 Å². The molecule has 6 heteroatoms. The zero-order valence-electron chi connectivity index (χ0n) is 13.0. The molecular formula is C16H22N2O4. The molecule has 0 radical (unpaired) electrons. The van der Waals surface area contributed by atoms with Gasteiger partial charge in [-0.3, -0.25) is 4.90 Å². The van der Waals surface area contributed by atoms with Crippen LogP contribution in [0.3, 0.4) is 0 Å². The van der Waals surface area contributed by atoms with E-state index in [-0.39, 0.29) is 12.1 Å². The van der Waals surface area contributed by atoms with Gasteiger partial charge in [-0.05, 0) is 31.4 Å². The van der Waals surface area contributed by atoms with E-state index in [2.05, 4.69) is 11.4 Å². The summed E-state index contributed by atoms with van der Waals surface area (Å²) in [6, 6.07) is 7.71. The molecule has 1 aliphatic rings. The van der Waals surface area contributed by atoms with E-state index in [1.807, 2.05) is 18.2 Å². The third kappa shape index (κ3) is 3.69. The van der Waals surface area contributed by atoms with Crippen LogP contribution in [-0.2, 0) is 15.9 Å². The molecule has 0 aliphatic carbocycles. The predicted molar refractivity (Wildman–Crippen MR) is 81.6 cm³/mol. The molecule has 1 atom stereocenters. The molecule has 6 nitrogen and oxygen atoms in total. The Morgan fingerprint density at radius 3 is 2.68 bits per heavy atom. The maximum atomic E-state index is 12.1. The summed E-state index contributed by atoms with van der Waals surface area (Å²) in [5.74, 6) is 0. The van der Waals surface area contributed by atoms with Crippen LogP contribution in [0.15, 0.2) is 24.3 Å². The fraction of sp³-hybridized carbons (Fsp3) is 0.500. The molecular weight excluding hydrogens is 284 g/mol. The van der Waals surface area contributed by atoms with Gasteiger partial charge in [0.2, 0.25) is 0 Å². The number of ether oxygens (including phenoxy) is 2. The van der Waals surface area contributed by atoms with Gasteiger partial charge in [-0.25, -0.2) is 9.59 Å². The van der Waals surface area contributed by atoms with E-state index in [1.54, 1.807) is 18.7 Å². The van der Waals surface area contributed by atoms with Crippen molar-refractivity contribution in [2.45, 2.75) is 26.3 Å². The Kier molecular flexibility index (Phi) is 5.63. The molecule has 0 fully saturated rings. The minimum Gasteiger partial charge on any atom is -0.450 e. The van der Waals surface area contributed by atoms with Gasteiger partial charge in [-0.2, -0.15) is 0 Å². The summed E-state index contributed by atoms with van der Waals surface area (Å²) in [6.45, 7) is 5.05. The summed E-state index contributed by atoms with van der Waals surface area (Å²) in [5.41, 5.74) is 2.23. The van der Waals surface area contributed by atoms with Crippen LogP contribution in [0.25, 0.3) is 0 Å². The second kappa shape index (κ2) is 7.68. The summed E-state index contributed by atoms with van der Waals surface area (Å²) in [6.07, 6.45) is -0.0488. The maximum Gasteiger partial charge on any atom is 0.410 e. The average Bonchev–Trinajstić information content (AvgIpc) is 2.53. The van der Waals surface area contributed by atoms with Crippen LogP contribution in [-0.4, -0.2) is 43.4 Å². The number of carbonyl (C=O) groups is 2. The second-order valence-electron chi connectivity index (χ2n) is 4.96. The molecule has 2 rings (SSSR count). The van der Waals surface area contributed by atoms with E-state index in [4.69, 9.17) is 9.47 Å². The molecule has 120 valence electrons. The fourth-order valence-electron chi connectivity index (χ4n) is 2.66. The number of nitrogens with one attached hydrogen (secondary N) is 1. The van der Waals surface area contributed by atoms with Gasteiger partial charge in [0, 0.05) is 13.1 Å². The van der Waals surface area contributed by atoms with Crippen LogP contribution in [0.1, 0.15) is 31.0 Å². The lowest BCUT2D eigenvalue weighted by Crippen LogP contribution is -2.45. The van der Waals surface area contributed by atoms with Crippen molar-refractivity contribution in [3.8, 4) is 0 Å². The first-order chi connectivity index (χ1) is 10.7. The van der Waals surface area contributed by atoms with Crippen LogP contribution in [0.2, 0.25) is 0 Å². The van der Waals surface area contributed by atoms with Crippen LogP contribution in [0.5, 0.6) is 0 Å².